The van der Waals surface area contributed by atoms with Crippen LogP contribution in [-0.4, -0.2) is 41.7 Å². The maximum Gasteiger partial charge on any atom is 0.222 e. The van der Waals surface area contributed by atoms with Crippen molar-refractivity contribution in [1.82, 2.24) is 4.90 Å². The largest absolute Gasteiger partial charge is 0.391 e. The van der Waals surface area contributed by atoms with E-state index in [4.69, 9.17) is 5.73 Å². The van der Waals surface area contributed by atoms with E-state index < -0.39 is 0 Å². The lowest BCUT2D eigenvalue weighted by molar-refractivity contribution is -0.134. The van der Waals surface area contributed by atoms with Gasteiger partial charge in [-0.1, -0.05) is 6.92 Å². The van der Waals surface area contributed by atoms with Gasteiger partial charge in [0.1, 0.15) is 0 Å². The Bertz CT molecular complexity index is 221. The van der Waals surface area contributed by atoms with Crippen LogP contribution in [0, 0.1) is 5.92 Å². The molecule has 0 aromatic carbocycles. The molecule has 0 aromatic heterocycles. The highest BCUT2D eigenvalue weighted by molar-refractivity contribution is 5.76. The lowest BCUT2D eigenvalue weighted by Gasteiger charge is -2.30. The van der Waals surface area contributed by atoms with Gasteiger partial charge in [-0.2, -0.15) is 0 Å². The van der Waals surface area contributed by atoms with Crippen molar-refractivity contribution in [3.8, 4) is 0 Å². The Balaban J connectivity index is 2.23. The van der Waals surface area contributed by atoms with E-state index in [-0.39, 0.29) is 12.0 Å². The van der Waals surface area contributed by atoms with E-state index in [2.05, 4.69) is 6.92 Å². The highest BCUT2D eigenvalue weighted by Crippen LogP contribution is 2.14. The zero-order valence-corrected chi connectivity index (χ0v) is 10.2. The van der Waals surface area contributed by atoms with Gasteiger partial charge in [-0.15, -0.1) is 0 Å². The minimum atomic E-state index is -0.320. The second kappa shape index (κ2) is 6.86. The standard InChI is InChI=1S/C12H24N2O2/c1-10(6-7-13)4-5-12(16)14-8-2-3-11(15)9-14/h10-11,15H,2-9,13H2,1H3/t10?,11-/m0/s1. The van der Waals surface area contributed by atoms with E-state index in [1.807, 2.05) is 0 Å². The number of hydrogen-bond acceptors (Lipinski definition) is 3. The summed E-state index contributed by atoms with van der Waals surface area (Å²) in [4.78, 5) is 13.6. The second-order valence-corrected chi connectivity index (χ2v) is 4.86. The Morgan fingerprint density at radius 1 is 1.56 bits per heavy atom. The van der Waals surface area contributed by atoms with Crippen LogP contribution in [0.5, 0.6) is 0 Å². The SMILES string of the molecule is CC(CCN)CCC(=O)N1CCC[C@H](O)C1. The lowest BCUT2D eigenvalue weighted by atomic mass is 10.0. The van der Waals surface area contributed by atoms with Gasteiger partial charge in [-0.25, -0.2) is 0 Å². The smallest absolute Gasteiger partial charge is 0.222 e. The number of carbonyl (C=O) groups excluding carboxylic acids is 1. The summed E-state index contributed by atoms with van der Waals surface area (Å²) in [5.41, 5.74) is 5.47. The lowest BCUT2D eigenvalue weighted by Crippen LogP contribution is -2.42. The van der Waals surface area contributed by atoms with Gasteiger partial charge in [0.05, 0.1) is 6.10 Å². The molecule has 1 saturated heterocycles. The molecule has 3 N–H and O–H groups in total. The summed E-state index contributed by atoms with van der Waals surface area (Å²) in [5, 5.41) is 9.48. The van der Waals surface area contributed by atoms with Crippen molar-refractivity contribution in [2.75, 3.05) is 19.6 Å². The molecule has 0 spiro atoms. The van der Waals surface area contributed by atoms with Crippen molar-refractivity contribution >= 4 is 5.91 Å². The normalized spacial score (nSPS) is 23.2. The van der Waals surface area contributed by atoms with Crippen molar-refractivity contribution in [1.29, 1.82) is 0 Å². The van der Waals surface area contributed by atoms with E-state index in [0.717, 1.165) is 32.2 Å². The number of aliphatic hydroxyl groups excluding tert-OH is 1. The zero-order valence-electron chi connectivity index (χ0n) is 10.2. The number of nitrogens with two attached hydrogens (primary N) is 1. The van der Waals surface area contributed by atoms with Crippen LogP contribution in [0.25, 0.3) is 0 Å². The van der Waals surface area contributed by atoms with Crippen LogP contribution < -0.4 is 5.73 Å². The number of amides is 1. The molecular formula is C12H24N2O2. The monoisotopic (exact) mass is 228 g/mol. The molecule has 0 aromatic rings. The summed E-state index contributed by atoms with van der Waals surface area (Å²) in [6.07, 6.45) is 3.91. The molecule has 0 saturated carbocycles. The highest BCUT2D eigenvalue weighted by atomic mass is 16.3. The first-order valence-corrected chi connectivity index (χ1v) is 6.29. The molecule has 1 rings (SSSR count). The molecule has 1 amide bonds. The first-order chi connectivity index (χ1) is 7.63. The molecular weight excluding hydrogens is 204 g/mol. The van der Waals surface area contributed by atoms with Crippen LogP contribution >= 0.6 is 0 Å². The molecule has 0 bridgehead atoms. The minimum absolute atomic E-state index is 0.183. The van der Waals surface area contributed by atoms with Gasteiger partial charge in [0, 0.05) is 19.5 Å². The number of β-amino-alcohol motifs (C(OH)–C–C–N with tert-alkyl or cyclic N) is 1. The molecule has 4 heteroatoms. The van der Waals surface area contributed by atoms with Gasteiger partial charge in [0.25, 0.3) is 0 Å². The number of piperidine rings is 1. The molecule has 1 unspecified atom stereocenters. The Kier molecular flexibility index (Phi) is 5.77. The minimum Gasteiger partial charge on any atom is -0.391 e. The first kappa shape index (κ1) is 13.5. The quantitative estimate of drug-likeness (QED) is 0.729. The van der Waals surface area contributed by atoms with E-state index in [9.17, 15) is 9.90 Å². The average Bonchev–Trinajstić information content (AvgIpc) is 2.26. The summed E-state index contributed by atoms with van der Waals surface area (Å²) in [6, 6.07) is 0. The number of aliphatic hydroxyl groups is 1. The van der Waals surface area contributed by atoms with Gasteiger partial charge in [-0.3, -0.25) is 4.79 Å². The van der Waals surface area contributed by atoms with E-state index in [1.165, 1.54) is 0 Å². The molecule has 94 valence electrons. The maximum atomic E-state index is 11.8. The number of likely N-dealkylation sites (tertiary alicyclic amines) is 1. The molecule has 4 nitrogen and oxygen atoms in total. The van der Waals surface area contributed by atoms with Crippen LogP contribution in [0.1, 0.15) is 39.0 Å². The topological polar surface area (TPSA) is 66.6 Å². The molecule has 1 aliphatic rings. The van der Waals surface area contributed by atoms with E-state index in [1.54, 1.807) is 4.90 Å². The molecule has 16 heavy (non-hydrogen) atoms. The van der Waals surface area contributed by atoms with Gasteiger partial charge in [0.15, 0.2) is 0 Å². The Morgan fingerprint density at radius 2 is 2.31 bits per heavy atom. The molecule has 1 fully saturated rings. The predicted octanol–water partition coefficient (Wildman–Crippen LogP) is 0.735. The number of nitrogens with zero attached hydrogens (tertiary/aromatic N) is 1. The predicted molar refractivity (Wildman–Crippen MR) is 63.9 cm³/mol. The third kappa shape index (κ3) is 4.49. The van der Waals surface area contributed by atoms with Crippen molar-refractivity contribution < 1.29 is 9.90 Å². The molecule has 1 heterocycles. The molecule has 2 atom stereocenters. The highest BCUT2D eigenvalue weighted by Gasteiger charge is 2.21. The van der Waals surface area contributed by atoms with Crippen LogP contribution in [-0.2, 0) is 4.79 Å². The number of rotatable bonds is 5. The third-order valence-corrected chi connectivity index (χ3v) is 3.26. The van der Waals surface area contributed by atoms with Crippen LogP contribution in [0.3, 0.4) is 0 Å². The van der Waals surface area contributed by atoms with Crippen LogP contribution in [0.15, 0.2) is 0 Å². The third-order valence-electron chi connectivity index (χ3n) is 3.26. The summed E-state index contributed by atoms with van der Waals surface area (Å²) in [5.74, 6) is 0.700. The van der Waals surface area contributed by atoms with E-state index in [0.29, 0.717) is 25.4 Å². The molecule has 0 radical (unpaired) electrons. The van der Waals surface area contributed by atoms with Gasteiger partial charge >= 0.3 is 0 Å². The number of hydrogen-bond donors (Lipinski definition) is 2. The number of carbonyl (C=O) groups is 1. The fraction of sp³-hybridized carbons (Fsp3) is 0.917. The fourth-order valence-corrected chi connectivity index (χ4v) is 2.14. The van der Waals surface area contributed by atoms with Crippen LogP contribution in [0.4, 0.5) is 0 Å². The first-order valence-electron chi connectivity index (χ1n) is 6.29. The summed E-state index contributed by atoms with van der Waals surface area (Å²) < 4.78 is 0. The van der Waals surface area contributed by atoms with Crippen LogP contribution in [0.2, 0.25) is 0 Å². The van der Waals surface area contributed by atoms with Crippen molar-refractivity contribution in [2.24, 2.45) is 11.7 Å². The summed E-state index contributed by atoms with van der Waals surface area (Å²) in [6.45, 7) is 4.15. The average molecular weight is 228 g/mol. The Labute approximate surface area is 97.8 Å². The summed E-state index contributed by atoms with van der Waals surface area (Å²) >= 11 is 0. The van der Waals surface area contributed by atoms with Gasteiger partial charge < -0.3 is 15.7 Å². The van der Waals surface area contributed by atoms with Gasteiger partial charge in [0.2, 0.25) is 5.91 Å². The van der Waals surface area contributed by atoms with Crippen molar-refractivity contribution in [3.05, 3.63) is 0 Å². The Hall–Kier alpha value is -0.610. The fourth-order valence-electron chi connectivity index (χ4n) is 2.14. The van der Waals surface area contributed by atoms with E-state index >= 15 is 0 Å². The summed E-state index contributed by atoms with van der Waals surface area (Å²) in [7, 11) is 0. The Morgan fingerprint density at radius 3 is 2.94 bits per heavy atom. The second-order valence-electron chi connectivity index (χ2n) is 4.86. The molecule has 1 aliphatic heterocycles. The van der Waals surface area contributed by atoms with Crippen molar-refractivity contribution in [3.63, 3.8) is 0 Å². The van der Waals surface area contributed by atoms with Crippen molar-refractivity contribution in [2.45, 2.75) is 45.1 Å². The van der Waals surface area contributed by atoms with Gasteiger partial charge in [-0.05, 0) is 38.1 Å². The zero-order chi connectivity index (χ0) is 12.0. The maximum absolute atomic E-state index is 11.8. The molecule has 0 aliphatic carbocycles.